The first kappa shape index (κ1) is 10.9. The number of nitrogen functional groups attached to an aromatic ring is 1. The van der Waals surface area contributed by atoms with Crippen molar-refractivity contribution in [3.8, 4) is 0 Å². The van der Waals surface area contributed by atoms with Crippen LogP contribution in [0.25, 0.3) is 0 Å². The molecule has 72 valence electrons. The third-order valence-corrected chi connectivity index (χ3v) is 2.65. The van der Waals surface area contributed by atoms with Gasteiger partial charge in [-0.05, 0) is 41.6 Å². The molecule has 0 radical (unpaired) electrons. The zero-order valence-electron chi connectivity index (χ0n) is 6.23. The second-order valence-electron chi connectivity index (χ2n) is 2.24. The molecule has 0 aliphatic rings. The molecule has 0 spiro atoms. The van der Waals surface area contributed by atoms with Crippen molar-refractivity contribution in [2.24, 2.45) is 0 Å². The van der Waals surface area contributed by atoms with Gasteiger partial charge in [0.2, 0.25) is 0 Å². The van der Waals surface area contributed by atoms with Crippen molar-refractivity contribution in [2.45, 2.75) is 9.61 Å². The maximum Gasteiger partial charge on any atom is 0.375 e. The van der Waals surface area contributed by atoms with Crippen LogP contribution < -0.4 is 5.73 Å². The highest BCUT2D eigenvalue weighted by Gasteiger charge is 2.27. The number of nitrogens with two attached hydrogens (primary N) is 1. The molecule has 0 amide bonds. The third-order valence-electron chi connectivity index (χ3n) is 1.18. The number of anilines is 1. The second-order valence-corrected chi connectivity index (χ2v) is 4.50. The molecule has 0 aliphatic heterocycles. The maximum atomic E-state index is 12.3. The van der Waals surface area contributed by atoms with Gasteiger partial charge in [0.1, 0.15) is 0 Å². The van der Waals surface area contributed by atoms with Crippen molar-refractivity contribution in [3.05, 3.63) is 23.2 Å². The van der Waals surface area contributed by atoms with E-state index in [9.17, 15) is 8.78 Å². The lowest BCUT2D eigenvalue weighted by atomic mass is 10.3. The van der Waals surface area contributed by atoms with Crippen molar-refractivity contribution in [2.75, 3.05) is 5.73 Å². The molecule has 0 saturated carbocycles. The van der Waals surface area contributed by atoms with E-state index in [0.29, 0.717) is 5.69 Å². The number of hydrogen-bond acceptors (Lipinski definition) is 2. The van der Waals surface area contributed by atoms with Gasteiger partial charge in [-0.3, -0.25) is 0 Å². The molecule has 1 nitrogen and oxygen atoms in total. The van der Waals surface area contributed by atoms with Crippen LogP contribution in [0.4, 0.5) is 14.5 Å². The summed E-state index contributed by atoms with van der Waals surface area (Å²) in [7, 11) is 0. The van der Waals surface area contributed by atoms with Gasteiger partial charge in [-0.15, -0.1) is 0 Å². The minimum absolute atomic E-state index is 0.172. The first-order valence-electron chi connectivity index (χ1n) is 3.19. The molecule has 0 fully saturated rings. The van der Waals surface area contributed by atoms with E-state index >= 15 is 0 Å². The van der Waals surface area contributed by atoms with Gasteiger partial charge in [0, 0.05) is 10.6 Å². The summed E-state index contributed by atoms with van der Waals surface area (Å²) in [6.45, 7) is 0. The van der Waals surface area contributed by atoms with Crippen LogP contribution in [-0.4, -0.2) is 4.71 Å². The van der Waals surface area contributed by atoms with Gasteiger partial charge in [-0.25, -0.2) is 0 Å². The Morgan fingerprint density at radius 2 is 2.00 bits per heavy atom. The molecule has 0 atom stereocenters. The van der Waals surface area contributed by atoms with E-state index in [1.807, 2.05) is 0 Å². The molecular formula is C7H5Cl2F2NS. The smallest absolute Gasteiger partial charge is 0.375 e. The summed E-state index contributed by atoms with van der Waals surface area (Å²) in [5.41, 5.74) is 5.80. The molecule has 0 saturated heterocycles. The van der Waals surface area contributed by atoms with E-state index in [4.69, 9.17) is 28.9 Å². The molecule has 1 aromatic rings. The summed E-state index contributed by atoms with van der Waals surface area (Å²) < 4.78 is 21.3. The number of alkyl halides is 3. The fraction of sp³-hybridized carbons (Fsp3) is 0.143. The van der Waals surface area contributed by atoms with E-state index in [-0.39, 0.29) is 21.7 Å². The number of benzene rings is 1. The largest absolute Gasteiger partial charge is 0.399 e. The molecule has 2 N–H and O–H groups in total. The van der Waals surface area contributed by atoms with E-state index < -0.39 is 4.71 Å². The minimum atomic E-state index is -3.35. The number of thioether (sulfide) groups is 1. The lowest BCUT2D eigenvalue weighted by Gasteiger charge is -2.08. The van der Waals surface area contributed by atoms with E-state index in [1.54, 1.807) is 0 Å². The highest BCUT2D eigenvalue weighted by atomic mass is 35.5. The molecule has 6 heteroatoms. The Kier molecular flexibility index (Phi) is 3.27. The van der Waals surface area contributed by atoms with Gasteiger partial charge >= 0.3 is 4.71 Å². The predicted molar refractivity (Wildman–Crippen MR) is 52.5 cm³/mol. The molecule has 1 rings (SSSR count). The lowest BCUT2D eigenvalue weighted by Crippen LogP contribution is -1.97. The lowest BCUT2D eigenvalue weighted by molar-refractivity contribution is 0.203. The van der Waals surface area contributed by atoms with Crippen molar-refractivity contribution >= 4 is 40.7 Å². The molecule has 1 aromatic carbocycles. The van der Waals surface area contributed by atoms with Gasteiger partial charge in [-0.1, -0.05) is 11.6 Å². The Hall–Kier alpha value is -0.190. The zero-order chi connectivity index (χ0) is 10.1. The average molecular weight is 244 g/mol. The fourth-order valence-corrected chi connectivity index (χ4v) is 1.82. The van der Waals surface area contributed by atoms with Crippen LogP contribution in [0, 0.1) is 0 Å². The summed E-state index contributed by atoms with van der Waals surface area (Å²) in [5.74, 6) is 0. The van der Waals surface area contributed by atoms with Crippen molar-refractivity contribution in [1.82, 2.24) is 0 Å². The summed E-state index contributed by atoms with van der Waals surface area (Å²) in [5, 5.41) is 0.172. The van der Waals surface area contributed by atoms with Gasteiger partial charge in [0.05, 0.1) is 5.02 Å². The van der Waals surface area contributed by atoms with Crippen molar-refractivity contribution in [3.63, 3.8) is 0 Å². The first-order valence-corrected chi connectivity index (χ1v) is 4.76. The number of rotatable bonds is 2. The Balaban J connectivity index is 2.90. The molecule has 0 bridgehead atoms. The normalized spacial score (nSPS) is 11.7. The third kappa shape index (κ3) is 3.58. The number of hydrogen-bond donors (Lipinski definition) is 1. The molecular weight excluding hydrogens is 239 g/mol. The Bertz CT molecular complexity index is 314. The van der Waals surface area contributed by atoms with Gasteiger partial charge in [-0.2, -0.15) is 8.78 Å². The summed E-state index contributed by atoms with van der Waals surface area (Å²) in [4.78, 5) is 0.205. The first-order chi connectivity index (χ1) is 5.88. The van der Waals surface area contributed by atoms with Gasteiger partial charge in [0.15, 0.2) is 0 Å². The molecule has 0 unspecified atom stereocenters. The molecule has 13 heavy (non-hydrogen) atoms. The quantitative estimate of drug-likeness (QED) is 0.486. The van der Waals surface area contributed by atoms with Crippen LogP contribution in [0.1, 0.15) is 0 Å². The topological polar surface area (TPSA) is 26.0 Å². The number of halogens is 4. The standard InChI is InChI=1S/C7H5Cl2F2NS/c8-5-3-4(12)1-2-6(5)13-7(9,10)11/h1-3H,12H2. The van der Waals surface area contributed by atoms with Crippen LogP contribution in [-0.2, 0) is 0 Å². The Morgan fingerprint density at radius 1 is 1.38 bits per heavy atom. The summed E-state index contributed by atoms with van der Waals surface area (Å²) in [6.07, 6.45) is 0. The fourth-order valence-electron chi connectivity index (χ4n) is 0.725. The Morgan fingerprint density at radius 3 is 2.46 bits per heavy atom. The highest BCUT2D eigenvalue weighted by Crippen LogP contribution is 2.42. The summed E-state index contributed by atoms with van der Waals surface area (Å²) >= 11 is 10.5. The van der Waals surface area contributed by atoms with Crippen molar-refractivity contribution < 1.29 is 8.78 Å². The van der Waals surface area contributed by atoms with E-state index in [2.05, 4.69) is 0 Å². The molecule has 0 heterocycles. The van der Waals surface area contributed by atoms with Gasteiger partial charge < -0.3 is 5.73 Å². The van der Waals surface area contributed by atoms with Crippen LogP contribution in [0.2, 0.25) is 5.02 Å². The monoisotopic (exact) mass is 243 g/mol. The SMILES string of the molecule is Nc1ccc(SC(F)(F)Cl)c(Cl)c1. The molecule has 0 aromatic heterocycles. The second kappa shape index (κ2) is 3.90. The minimum Gasteiger partial charge on any atom is -0.399 e. The molecule has 0 aliphatic carbocycles. The van der Waals surface area contributed by atoms with Crippen LogP contribution in [0.3, 0.4) is 0 Å². The highest BCUT2D eigenvalue weighted by molar-refractivity contribution is 8.01. The summed E-state index contributed by atoms with van der Waals surface area (Å²) in [6, 6.07) is 4.28. The van der Waals surface area contributed by atoms with E-state index in [0.717, 1.165) is 0 Å². The Labute approximate surface area is 88.2 Å². The van der Waals surface area contributed by atoms with Gasteiger partial charge in [0.25, 0.3) is 0 Å². The van der Waals surface area contributed by atoms with Crippen LogP contribution >= 0.6 is 35.0 Å². The van der Waals surface area contributed by atoms with Crippen molar-refractivity contribution in [1.29, 1.82) is 0 Å². The zero-order valence-corrected chi connectivity index (χ0v) is 8.56. The van der Waals surface area contributed by atoms with E-state index in [1.165, 1.54) is 18.2 Å². The van der Waals surface area contributed by atoms with Crippen LogP contribution in [0.15, 0.2) is 23.1 Å². The maximum absolute atomic E-state index is 12.3. The van der Waals surface area contributed by atoms with Crippen LogP contribution in [0.5, 0.6) is 0 Å². The predicted octanol–water partition coefficient (Wildman–Crippen LogP) is 3.80. The average Bonchev–Trinajstić information content (AvgIpc) is 1.93.